The SMILES string of the molecule is CCc1ccc2c(F)c(C#Cc3cc(F)c(Cl)c(F)c3)ccc2c1. The van der Waals surface area contributed by atoms with Crippen LogP contribution >= 0.6 is 11.6 Å². The van der Waals surface area contributed by atoms with Crippen molar-refractivity contribution >= 4 is 22.4 Å². The summed E-state index contributed by atoms with van der Waals surface area (Å²) in [6.45, 7) is 2.03. The Balaban J connectivity index is 2.04. The summed E-state index contributed by atoms with van der Waals surface area (Å²) in [5.74, 6) is 2.95. The zero-order valence-corrected chi connectivity index (χ0v) is 13.5. The van der Waals surface area contributed by atoms with Crippen molar-refractivity contribution in [2.45, 2.75) is 13.3 Å². The highest BCUT2D eigenvalue weighted by Gasteiger charge is 2.08. The third-order valence-electron chi connectivity index (χ3n) is 3.75. The van der Waals surface area contributed by atoms with Gasteiger partial charge in [0.05, 0.1) is 5.56 Å². The van der Waals surface area contributed by atoms with Crippen molar-refractivity contribution in [1.29, 1.82) is 0 Å². The van der Waals surface area contributed by atoms with Crippen LogP contribution in [-0.4, -0.2) is 0 Å². The number of halogens is 4. The van der Waals surface area contributed by atoms with Gasteiger partial charge < -0.3 is 0 Å². The van der Waals surface area contributed by atoms with Crippen molar-refractivity contribution in [3.05, 3.63) is 81.6 Å². The molecule has 3 aromatic rings. The lowest BCUT2D eigenvalue weighted by atomic mass is 10.0. The van der Waals surface area contributed by atoms with Gasteiger partial charge >= 0.3 is 0 Å². The topological polar surface area (TPSA) is 0 Å². The third-order valence-corrected chi connectivity index (χ3v) is 4.11. The maximum atomic E-state index is 14.6. The first-order valence-electron chi connectivity index (χ1n) is 7.37. The maximum Gasteiger partial charge on any atom is 0.146 e. The van der Waals surface area contributed by atoms with Crippen LogP contribution in [0.15, 0.2) is 42.5 Å². The van der Waals surface area contributed by atoms with Crippen molar-refractivity contribution in [3.63, 3.8) is 0 Å². The van der Waals surface area contributed by atoms with Gasteiger partial charge in [-0.2, -0.15) is 0 Å². The van der Waals surface area contributed by atoms with Crippen LogP contribution in [0.2, 0.25) is 5.02 Å². The third kappa shape index (κ3) is 3.11. The van der Waals surface area contributed by atoms with E-state index in [1.54, 1.807) is 18.2 Å². The first kappa shape index (κ1) is 16.4. The number of rotatable bonds is 1. The van der Waals surface area contributed by atoms with Gasteiger partial charge in [0.1, 0.15) is 22.5 Å². The van der Waals surface area contributed by atoms with E-state index in [2.05, 4.69) is 11.8 Å². The number of aryl methyl sites for hydroxylation is 1. The van der Waals surface area contributed by atoms with Crippen LogP contribution in [0.5, 0.6) is 0 Å². The molecule has 0 fully saturated rings. The number of hydrogen-bond donors (Lipinski definition) is 0. The van der Waals surface area contributed by atoms with Gasteiger partial charge in [0.15, 0.2) is 0 Å². The van der Waals surface area contributed by atoms with Crippen molar-refractivity contribution in [2.24, 2.45) is 0 Å². The molecule has 0 N–H and O–H groups in total. The van der Waals surface area contributed by atoms with Gasteiger partial charge in [-0.05, 0) is 35.6 Å². The molecule has 0 amide bonds. The Bertz CT molecular complexity index is 974. The van der Waals surface area contributed by atoms with Gasteiger partial charge in [-0.15, -0.1) is 0 Å². The van der Waals surface area contributed by atoms with Crippen LogP contribution in [-0.2, 0) is 6.42 Å². The Morgan fingerprint density at radius 1 is 0.917 bits per heavy atom. The van der Waals surface area contributed by atoms with Gasteiger partial charge in [0.25, 0.3) is 0 Å². The standard InChI is InChI=1S/C20H12ClF3/c1-2-12-4-8-16-15(9-12)7-6-14(20(16)24)5-3-13-10-17(22)19(21)18(23)11-13/h4,6-11H,2H2,1H3. The summed E-state index contributed by atoms with van der Waals surface area (Å²) in [7, 11) is 0. The van der Waals surface area contributed by atoms with Crippen LogP contribution in [0.25, 0.3) is 10.8 Å². The summed E-state index contributed by atoms with van der Waals surface area (Å²) in [6.07, 6.45) is 0.868. The summed E-state index contributed by atoms with van der Waals surface area (Å²) in [6, 6.07) is 10.9. The second-order valence-corrected chi connectivity index (χ2v) is 5.72. The molecule has 24 heavy (non-hydrogen) atoms. The lowest BCUT2D eigenvalue weighted by Crippen LogP contribution is -1.89. The second kappa shape index (κ2) is 6.59. The fraction of sp³-hybridized carbons (Fsp3) is 0.100. The van der Waals surface area contributed by atoms with E-state index in [9.17, 15) is 13.2 Å². The zero-order chi connectivity index (χ0) is 17.3. The van der Waals surface area contributed by atoms with E-state index in [0.29, 0.717) is 5.39 Å². The Kier molecular flexibility index (Phi) is 4.51. The molecule has 3 rings (SSSR count). The number of fused-ring (bicyclic) bond motifs is 1. The predicted octanol–water partition coefficient (Wildman–Crippen LogP) is 5.87. The average molecular weight is 345 g/mol. The van der Waals surface area contributed by atoms with Gasteiger partial charge in [0, 0.05) is 10.9 Å². The molecule has 0 aromatic heterocycles. The Morgan fingerprint density at radius 2 is 1.62 bits per heavy atom. The summed E-state index contributed by atoms with van der Waals surface area (Å²) in [4.78, 5) is 0. The molecule has 0 atom stereocenters. The molecule has 0 aliphatic heterocycles. The minimum Gasteiger partial charge on any atom is -0.205 e. The molecule has 0 spiro atoms. The van der Waals surface area contributed by atoms with Crippen LogP contribution in [0.3, 0.4) is 0 Å². The fourth-order valence-corrected chi connectivity index (χ4v) is 2.53. The van der Waals surface area contributed by atoms with Crippen molar-refractivity contribution < 1.29 is 13.2 Å². The summed E-state index contributed by atoms with van der Waals surface area (Å²) < 4.78 is 41.4. The summed E-state index contributed by atoms with van der Waals surface area (Å²) >= 11 is 5.42. The van der Waals surface area contributed by atoms with Crippen LogP contribution in [0, 0.1) is 29.3 Å². The van der Waals surface area contributed by atoms with E-state index in [4.69, 9.17) is 11.6 Å². The Hall–Kier alpha value is -2.44. The van der Waals surface area contributed by atoms with Crippen molar-refractivity contribution in [3.8, 4) is 11.8 Å². The first-order chi connectivity index (χ1) is 11.5. The molecule has 0 bridgehead atoms. The van der Waals surface area contributed by atoms with Gasteiger partial charge in [0.2, 0.25) is 0 Å². The zero-order valence-electron chi connectivity index (χ0n) is 12.8. The van der Waals surface area contributed by atoms with E-state index in [-0.39, 0.29) is 11.1 Å². The smallest absolute Gasteiger partial charge is 0.146 e. The molecule has 0 saturated carbocycles. The fourth-order valence-electron chi connectivity index (χ4n) is 2.42. The quantitative estimate of drug-likeness (QED) is 0.382. The van der Waals surface area contributed by atoms with Crippen molar-refractivity contribution in [2.75, 3.05) is 0 Å². The molecule has 0 saturated heterocycles. The normalized spacial score (nSPS) is 10.5. The molecule has 4 heteroatoms. The molecule has 0 unspecified atom stereocenters. The Morgan fingerprint density at radius 3 is 2.29 bits per heavy atom. The van der Waals surface area contributed by atoms with E-state index >= 15 is 0 Å². The molecule has 0 radical (unpaired) electrons. The minimum atomic E-state index is -0.896. The van der Waals surface area contributed by atoms with Gasteiger partial charge in [-0.25, -0.2) is 13.2 Å². The van der Waals surface area contributed by atoms with Gasteiger partial charge in [-0.1, -0.05) is 54.6 Å². The molecule has 0 heterocycles. The molecule has 3 aromatic carbocycles. The second-order valence-electron chi connectivity index (χ2n) is 5.34. The number of hydrogen-bond acceptors (Lipinski definition) is 0. The largest absolute Gasteiger partial charge is 0.205 e. The predicted molar refractivity (Wildman–Crippen MR) is 90.6 cm³/mol. The molecule has 0 aliphatic rings. The molecule has 120 valence electrons. The lowest BCUT2D eigenvalue weighted by molar-refractivity contribution is 0.583. The maximum absolute atomic E-state index is 14.6. The Labute approximate surface area is 142 Å². The monoisotopic (exact) mass is 344 g/mol. The highest BCUT2D eigenvalue weighted by atomic mass is 35.5. The average Bonchev–Trinajstić information content (AvgIpc) is 2.58. The van der Waals surface area contributed by atoms with E-state index < -0.39 is 22.5 Å². The van der Waals surface area contributed by atoms with E-state index in [1.165, 1.54) is 0 Å². The lowest BCUT2D eigenvalue weighted by Gasteiger charge is -2.04. The molecule has 0 nitrogen and oxygen atoms in total. The van der Waals surface area contributed by atoms with Crippen LogP contribution in [0.4, 0.5) is 13.2 Å². The number of benzene rings is 3. The molecular weight excluding hydrogens is 333 g/mol. The summed E-state index contributed by atoms with van der Waals surface area (Å²) in [5, 5.41) is 0.678. The molecule has 0 aliphatic carbocycles. The van der Waals surface area contributed by atoms with Gasteiger partial charge in [-0.3, -0.25) is 0 Å². The highest BCUT2D eigenvalue weighted by Crippen LogP contribution is 2.23. The van der Waals surface area contributed by atoms with Crippen molar-refractivity contribution in [1.82, 2.24) is 0 Å². The van der Waals surface area contributed by atoms with E-state index in [1.807, 2.05) is 19.1 Å². The highest BCUT2D eigenvalue weighted by molar-refractivity contribution is 6.30. The van der Waals surface area contributed by atoms with E-state index in [0.717, 1.165) is 29.5 Å². The van der Waals surface area contributed by atoms with Crippen LogP contribution < -0.4 is 0 Å². The minimum absolute atomic E-state index is 0.0928. The summed E-state index contributed by atoms with van der Waals surface area (Å²) in [5.41, 5.74) is 1.38. The van der Waals surface area contributed by atoms with Crippen LogP contribution in [0.1, 0.15) is 23.6 Å². The molecular formula is C20H12ClF3. The first-order valence-corrected chi connectivity index (χ1v) is 7.75.